The summed E-state index contributed by atoms with van der Waals surface area (Å²) in [6.07, 6.45) is 4.44. The first-order valence-corrected chi connectivity index (χ1v) is 9.31. The predicted octanol–water partition coefficient (Wildman–Crippen LogP) is 4.10. The van der Waals surface area contributed by atoms with Gasteiger partial charge in [0.2, 0.25) is 0 Å². The largest absolute Gasteiger partial charge is 0.385 e. The van der Waals surface area contributed by atoms with E-state index < -0.39 is 11.4 Å². The SMILES string of the molecule is N#Cc1cc(F)cc(C2(O)CC3CCCC(C2)N3Cc2ccccc2)c1. The Hall–Kier alpha value is -2.22. The van der Waals surface area contributed by atoms with Crippen LogP contribution < -0.4 is 0 Å². The van der Waals surface area contributed by atoms with Crippen molar-refractivity contribution in [2.75, 3.05) is 0 Å². The Kier molecular flexibility index (Phi) is 4.52. The second-order valence-electron chi connectivity index (χ2n) is 7.68. The molecule has 1 N–H and O–H groups in total. The van der Waals surface area contributed by atoms with Crippen molar-refractivity contribution in [1.29, 1.82) is 5.26 Å². The lowest BCUT2D eigenvalue weighted by Crippen LogP contribution is -2.56. The first kappa shape index (κ1) is 17.2. The van der Waals surface area contributed by atoms with Crippen LogP contribution in [0.4, 0.5) is 4.39 Å². The number of nitrogens with zero attached hydrogens (tertiary/aromatic N) is 2. The molecule has 2 atom stereocenters. The molecule has 134 valence electrons. The molecule has 2 unspecified atom stereocenters. The van der Waals surface area contributed by atoms with E-state index in [9.17, 15) is 9.50 Å². The zero-order chi connectivity index (χ0) is 18.1. The van der Waals surface area contributed by atoms with Gasteiger partial charge >= 0.3 is 0 Å². The van der Waals surface area contributed by atoms with E-state index in [1.54, 1.807) is 6.07 Å². The minimum absolute atomic E-state index is 0.269. The normalized spacial score (nSPS) is 28.5. The highest BCUT2D eigenvalue weighted by atomic mass is 19.1. The van der Waals surface area contributed by atoms with Gasteiger partial charge in [-0.05, 0) is 55.0 Å². The van der Waals surface area contributed by atoms with Gasteiger partial charge in [-0.15, -0.1) is 0 Å². The number of benzene rings is 2. The third kappa shape index (κ3) is 3.25. The van der Waals surface area contributed by atoms with Crippen molar-refractivity contribution in [1.82, 2.24) is 4.90 Å². The standard InChI is InChI=1S/C22H23FN2O/c23-19-10-17(14-24)9-18(11-19)22(26)12-20-7-4-8-21(13-22)25(20)15-16-5-2-1-3-6-16/h1-3,5-6,9-11,20-21,26H,4,7-8,12-13,15H2. The first-order valence-electron chi connectivity index (χ1n) is 9.31. The van der Waals surface area contributed by atoms with Gasteiger partial charge in [0.25, 0.3) is 0 Å². The molecule has 2 aliphatic heterocycles. The topological polar surface area (TPSA) is 47.3 Å². The Morgan fingerprint density at radius 1 is 1.12 bits per heavy atom. The average molecular weight is 350 g/mol. The van der Waals surface area contributed by atoms with E-state index in [-0.39, 0.29) is 17.6 Å². The maximum atomic E-state index is 13.9. The molecule has 0 saturated carbocycles. The van der Waals surface area contributed by atoms with E-state index in [4.69, 9.17) is 5.26 Å². The number of fused-ring (bicyclic) bond motifs is 2. The molecule has 2 fully saturated rings. The van der Waals surface area contributed by atoms with E-state index in [2.05, 4.69) is 29.2 Å². The van der Waals surface area contributed by atoms with Crippen LogP contribution >= 0.6 is 0 Å². The van der Waals surface area contributed by atoms with Gasteiger partial charge in [-0.1, -0.05) is 36.8 Å². The number of nitriles is 1. The van der Waals surface area contributed by atoms with Crippen LogP contribution in [0.5, 0.6) is 0 Å². The third-order valence-corrected chi connectivity index (χ3v) is 5.93. The molecule has 0 radical (unpaired) electrons. The highest BCUT2D eigenvalue weighted by Crippen LogP contribution is 2.45. The predicted molar refractivity (Wildman–Crippen MR) is 97.7 cm³/mol. The molecular formula is C22H23FN2O. The van der Waals surface area contributed by atoms with Crippen molar-refractivity contribution >= 4 is 0 Å². The van der Waals surface area contributed by atoms with E-state index >= 15 is 0 Å². The Morgan fingerprint density at radius 3 is 2.46 bits per heavy atom. The van der Waals surface area contributed by atoms with Crippen LogP contribution in [0.25, 0.3) is 0 Å². The van der Waals surface area contributed by atoms with E-state index in [1.165, 1.54) is 24.1 Å². The molecular weight excluding hydrogens is 327 g/mol. The van der Waals surface area contributed by atoms with Crippen LogP contribution in [0.3, 0.4) is 0 Å². The van der Waals surface area contributed by atoms with Gasteiger partial charge in [0.15, 0.2) is 0 Å². The smallest absolute Gasteiger partial charge is 0.124 e. The first-order chi connectivity index (χ1) is 12.6. The quantitative estimate of drug-likeness (QED) is 0.906. The monoisotopic (exact) mass is 350 g/mol. The van der Waals surface area contributed by atoms with Crippen LogP contribution in [0.2, 0.25) is 0 Å². The Labute approximate surface area is 153 Å². The summed E-state index contributed by atoms with van der Waals surface area (Å²) >= 11 is 0. The highest BCUT2D eigenvalue weighted by Gasteiger charge is 2.46. The van der Waals surface area contributed by atoms with Crippen molar-refractivity contribution in [3.05, 3.63) is 71.0 Å². The van der Waals surface area contributed by atoms with Crippen LogP contribution in [0.1, 0.15) is 48.8 Å². The molecule has 2 heterocycles. The van der Waals surface area contributed by atoms with Gasteiger partial charge in [-0.3, -0.25) is 4.90 Å². The number of halogens is 1. The molecule has 2 aromatic carbocycles. The van der Waals surface area contributed by atoms with Crippen molar-refractivity contribution in [3.63, 3.8) is 0 Å². The molecule has 0 amide bonds. The summed E-state index contributed by atoms with van der Waals surface area (Å²) in [6.45, 7) is 0.888. The van der Waals surface area contributed by atoms with Gasteiger partial charge in [-0.25, -0.2) is 4.39 Å². The fraction of sp³-hybridized carbons (Fsp3) is 0.409. The molecule has 2 saturated heterocycles. The van der Waals surface area contributed by atoms with Crippen molar-refractivity contribution < 1.29 is 9.50 Å². The fourth-order valence-corrected chi connectivity index (χ4v) is 4.73. The van der Waals surface area contributed by atoms with Crippen LogP contribution in [0, 0.1) is 17.1 Å². The maximum absolute atomic E-state index is 13.9. The molecule has 0 spiro atoms. The summed E-state index contributed by atoms with van der Waals surface area (Å²) in [4.78, 5) is 2.51. The molecule has 2 aromatic rings. The van der Waals surface area contributed by atoms with Gasteiger partial charge in [-0.2, -0.15) is 5.26 Å². The minimum Gasteiger partial charge on any atom is -0.385 e. The van der Waals surface area contributed by atoms with E-state index in [0.29, 0.717) is 18.4 Å². The van der Waals surface area contributed by atoms with Gasteiger partial charge < -0.3 is 5.11 Å². The molecule has 2 aliphatic rings. The summed E-state index contributed by atoms with van der Waals surface area (Å²) < 4.78 is 13.9. The van der Waals surface area contributed by atoms with Crippen LogP contribution in [0.15, 0.2) is 48.5 Å². The Balaban J connectivity index is 1.61. The highest BCUT2D eigenvalue weighted by molar-refractivity contribution is 5.37. The molecule has 3 nitrogen and oxygen atoms in total. The zero-order valence-corrected chi connectivity index (χ0v) is 14.7. The van der Waals surface area contributed by atoms with E-state index in [1.807, 2.05) is 12.1 Å². The molecule has 0 aromatic heterocycles. The lowest BCUT2D eigenvalue weighted by atomic mass is 9.72. The number of aliphatic hydroxyl groups is 1. The lowest BCUT2D eigenvalue weighted by molar-refractivity contribution is -0.100. The summed E-state index contributed by atoms with van der Waals surface area (Å²) in [7, 11) is 0. The molecule has 2 bridgehead atoms. The number of hydrogen-bond donors (Lipinski definition) is 1. The Morgan fingerprint density at radius 2 is 1.81 bits per heavy atom. The van der Waals surface area contributed by atoms with Gasteiger partial charge in [0, 0.05) is 18.6 Å². The molecule has 26 heavy (non-hydrogen) atoms. The summed E-state index contributed by atoms with van der Waals surface area (Å²) in [5.41, 5.74) is 1.04. The van der Waals surface area contributed by atoms with E-state index in [0.717, 1.165) is 19.4 Å². The third-order valence-electron chi connectivity index (χ3n) is 5.93. The second kappa shape index (κ2) is 6.83. The molecule has 0 aliphatic carbocycles. The minimum atomic E-state index is -1.06. The van der Waals surface area contributed by atoms with Crippen LogP contribution in [-0.4, -0.2) is 22.1 Å². The number of rotatable bonds is 3. The fourth-order valence-electron chi connectivity index (χ4n) is 4.73. The zero-order valence-electron chi connectivity index (χ0n) is 14.7. The van der Waals surface area contributed by atoms with Gasteiger partial charge in [0.05, 0.1) is 17.2 Å². The summed E-state index contributed by atoms with van der Waals surface area (Å²) in [5.74, 6) is -0.454. The van der Waals surface area contributed by atoms with Gasteiger partial charge in [0.1, 0.15) is 5.82 Å². The summed E-state index contributed by atoms with van der Waals surface area (Å²) in [6, 6.07) is 17.2. The lowest BCUT2D eigenvalue weighted by Gasteiger charge is -2.52. The molecule has 4 rings (SSSR count). The van der Waals surface area contributed by atoms with Crippen molar-refractivity contribution in [2.24, 2.45) is 0 Å². The number of piperidine rings is 2. The van der Waals surface area contributed by atoms with Crippen molar-refractivity contribution in [3.8, 4) is 6.07 Å². The number of hydrogen-bond acceptors (Lipinski definition) is 3. The maximum Gasteiger partial charge on any atom is 0.124 e. The summed E-state index contributed by atoms with van der Waals surface area (Å²) in [5, 5.41) is 20.5. The molecule has 4 heteroatoms. The van der Waals surface area contributed by atoms with Crippen molar-refractivity contribution in [2.45, 2.75) is 56.3 Å². The van der Waals surface area contributed by atoms with Crippen LogP contribution in [-0.2, 0) is 12.1 Å². The average Bonchev–Trinajstić information content (AvgIpc) is 2.63. The Bertz CT molecular complexity index is 816. The second-order valence-corrected chi connectivity index (χ2v) is 7.68.